The fraction of sp³-hybridized carbons (Fsp3) is 0.0952. The van der Waals surface area contributed by atoms with Gasteiger partial charge in [-0.15, -0.1) is 0 Å². The van der Waals surface area contributed by atoms with E-state index in [2.05, 4.69) is 10.3 Å². The summed E-state index contributed by atoms with van der Waals surface area (Å²) in [5.74, 6) is -1.06. The van der Waals surface area contributed by atoms with Gasteiger partial charge in [0, 0.05) is 16.1 Å². The number of carbonyl (C=O) groups is 1. The number of ether oxygens (including phenoxy) is 1. The van der Waals surface area contributed by atoms with Crippen molar-refractivity contribution in [3.63, 3.8) is 0 Å². The number of nitrogens with zero attached hydrogens (tertiary/aromatic N) is 3. The number of esters is 1. The second-order valence-corrected chi connectivity index (χ2v) is 8.01. The third-order valence-corrected chi connectivity index (χ3v) is 5.42. The molecule has 0 aliphatic heterocycles. The Morgan fingerprint density at radius 2 is 1.85 bits per heavy atom. The lowest BCUT2D eigenvalue weighted by Gasteiger charge is -2.15. The molecular formula is C21H11Cl3F3N3O3. The molecule has 4 aromatic rings. The zero-order valence-corrected chi connectivity index (χ0v) is 18.7. The number of rotatable bonds is 4. The maximum absolute atomic E-state index is 14.1. The lowest BCUT2D eigenvalue weighted by Crippen LogP contribution is -2.14. The van der Waals surface area contributed by atoms with Crippen LogP contribution in [-0.2, 0) is 6.18 Å². The second-order valence-electron chi connectivity index (χ2n) is 6.76. The molecule has 0 bridgehead atoms. The Bertz CT molecular complexity index is 1370. The molecule has 0 aliphatic carbocycles. The molecular weight excluding hydrogens is 506 g/mol. The summed E-state index contributed by atoms with van der Waals surface area (Å²) in [5, 5.41) is 7.53. The SMILES string of the molecule is Cc1nocc1C(=O)Oc1cc(-c2cnn(-c3cccc(Cl)c3)c2C(F)(F)F)c(Cl)cc1Cl. The van der Waals surface area contributed by atoms with Crippen LogP contribution >= 0.6 is 34.8 Å². The Morgan fingerprint density at radius 3 is 2.48 bits per heavy atom. The summed E-state index contributed by atoms with van der Waals surface area (Å²) in [4.78, 5) is 12.4. The van der Waals surface area contributed by atoms with Crippen LogP contribution in [0.1, 0.15) is 21.7 Å². The van der Waals surface area contributed by atoms with Crippen molar-refractivity contribution >= 4 is 40.8 Å². The summed E-state index contributed by atoms with van der Waals surface area (Å²) in [5.41, 5.74) is -1.13. The standard InChI is InChI=1S/C21H11Cl3F3N3O3/c1-10-15(9-32-29-10)20(31)33-18-6-13(16(23)7-17(18)24)14-8-28-30(19(14)21(25,26)27)12-4-2-3-11(22)5-12/h2-9H,1H3. The fourth-order valence-corrected chi connectivity index (χ4v) is 3.79. The molecule has 33 heavy (non-hydrogen) atoms. The molecule has 0 radical (unpaired) electrons. The molecule has 0 N–H and O–H groups in total. The number of benzene rings is 2. The Kier molecular flexibility index (Phi) is 6.13. The van der Waals surface area contributed by atoms with Crippen molar-refractivity contribution < 1.29 is 27.2 Å². The largest absolute Gasteiger partial charge is 0.434 e. The molecule has 2 aromatic heterocycles. The highest BCUT2D eigenvalue weighted by molar-refractivity contribution is 6.37. The molecule has 170 valence electrons. The van der Waals surface area contributed by atoms with Gasteiger partial charge in [0.15, 0.2) is 11.4 Å². The first kappa shape index (κ1) is 23.2. The van der Waals surface area contributed by atoms with Gasteiger partial charge >= 0.3 is 12.1 Å². The lowest BCUT2D eigenvalue weighted by molar-refractivity contribution is -0.142. The van der Waals surface area contributed by atoms with Gasteiger partial charge in [-0.1, -0.05) is 46.0 Å². The molecule has 0 aliphatic rings. The Hall–Kier alpha value is -3.01. The molecule has 4 rings (SSSR count). The van der Waals surface area contributed by atoms with E-state index in [1.54, 1.807) is 0 Å². The summed E-state index contributed by atoms with van der Waals surface area (Å²) in [7, 11) is 0. The van der Waals surface area contributed by atoms with E-state index >= 15 is 0 Å². The number of aryl methyl sites for hydroxylation is 1. The second kappa shape index (κ2) is 8.74. The zero-order chi connectivity index (χ0) is 23.9. The van der Waals surface area contributed by atoms with Gasteiger partial charge in [0.25, 0.3) is 0 Å². The highest BCUT2D eigenvalue weighted by atomic mass is 35.5. The minimum absolute atomic E-state index is 0.0346. The molecule has 6 nitrogen and oxygen atoms in total. The normalized spacial score (nSPS) is 11.6. The summed E-state index contributed by atoms with van der Waals surface area (Å²) in [6.07, 6.45) is -2.72. The molecule has 0 spiro atoms. The summed E-state index contributed by atoms with van der Waals surface area (Å²) in [6, 6.07) is 8.11. The number of carbonyl (C=O) groups excluding carboxylic acids is 1. The molecule has 0 amide bonds. The first-order chi connectivity index (χ1) is 15.6. The number of hydrogen-bond donors (Lipinski definition) is 0. The van der Waals surface area contributed by atoms with Crippen LogP contribution in [0.4, 0.5) is 13.2 Å². The van der Waals surface area contributed by atoms with Crippen LogP contribution in [0, 0.1) is 6.92 Å². The summed E-state index contributed by atoms with van der Waals surface area (Å²) >= 11 is 18.3. The van der Waals surface area contributed by atoms with Crippen LogP contribution in [0.15, 0.2) is 53.4 Å². The van der Waals surface area contributed by atoms with Gasteiger partial charge in [0.2, 0.25) is 0 Å². The van der Waals surface area contributed by atoms with E-state index in [1.165, 1.54) is 37.3 Å². The van der Waals surface area contributed by atoms with Gasteiger partial charge in [0.1, 0.15) is 11.8 Å². The van der Waals surface area contributed by atoms with E-state index < -0.39 is 17.8 Å². The fourth-order valence-electron chi connectivity index (χ4n) is 3.08. The maximum Gasteiger partial charge on any atom is 0.434 e. The number of hydrogen-bond acceptors (Lipinski definition) is 5. The zero-order valence-electron chi connectivity index (χ0n) is 16.5. The van der Waals surface area contributed by atoms with Crippen LogP contribution in [0.25, 0.3) is 16.8 Å². The van der Waals surface area contributed by atoms with Gasteiger partial charge < -0.3 is 9.26 Å². The van der Waals surface area contributed by atoms with Gasteiger partial charge in [-0.2, -0.15) is 18.3 Å². The van der Waals surface area contributed by atoms with Crippen molar-refractivity contribution in [3.8, 4) is 22.6 Å². The van der Waals surface area contributed by atoms with Crippen LogP contribution in [0.5, 0.6) is 5.75 Å². The van der Waals surface area contributed by atoms with Crippen molar-refractivity contribution in [1.82, 2.24) is 14.9 Å². The number of aromatic nitrogens is 3. The Labute approximate surface area is 199 Å². The molecule has 0 saturated heterocycles. The third-order valence-electron chi connectivity index (χ3n) is 4.57. The average molecular weight is 517 g/mol. The smallest absolute Gasteiger partial charge is 0.421 e. The quantitative estimate of drug-likeness (QED) is 0.215. The lowest BCUT2D eigenvalue weighted by atomic mass is 10.1. The maximum atomic E-state index is 14.1. The van der Waals surface area contributed by atoms with Crippen molar-refractivity contribution in [2.45, 2.75) is 13.1 Å². The minimum Gasteiger partial charge on any atom is -0.421 e. The summed E-state index contributed by atoms with van der Waals surface area (Å²) in [6.45, 7) is 1.52. The van der Waals surface area contributed by atoms with Crippen LogP contribution in [0.3, 0.4) is 0 Å². The van der Waals surface area contributed by atoms with Gasteiger partial charge in [-0.05, 0) is 37.3 Å². The van der Waals surface area contributed by atoms with E-state index in [0.717, 1.165) is 18.5 Å². The van der Waals surface area contributed by atoms with Crippen molar-refractivity contribution in [2.75, 3.05) is 0 Å². The van der Waals surface area contributed by atoms with E-state index in [1.807, 2.05) is 0 Å². The molecule has 0 fully saturated rings. The monoisotopic (exact) mass is 515 g/mol. The van der Waals surface area contributed by atoms with Crippen molar-refractivity contribution in [2.24, 2.45) is 0 Å². The van der Waals surface area contributed by atoms with E-state index in [9.17, 15) is 18.0 Å². The van der Waals surface area contributed by atoms with Crippen LogP contribution < -0.4 is 4.74 Å². The first-order valence-electron chi connectivity index (χ1n) is 9.10. The molecule has 0 unspecified atom stereocenters. The topological polar surface area (TPSA) is 70.2 Å². The van der Waals surface area contributed by atoms with E-state index in [0.29, 0.717) is 4.68 Å². The molecule has 2 aromatic carbocycles. The summed E-state index contributed by atoms with van der Waals surface area (Å²) < 4.78 is 53.0. The van der Waals surface area contributed by atoms with Crippen molar-refractivity contribution in [1.29, 1.82) is 0 Å². The highest BCUT2D eigenvalue weighted by Gasteiger charge is 2.39. The molecule has 0 saturated carbocycles. The predicted molar refractivity (Wildman–Crippen MR) is 115 cm³/mol. The third kappa shape index (κ3) is 4.57. The number of alkyl halides is 3. The average Bonchev–Trinajstić information content (AvgIpc) is 3.36. The van der Waals surface area contributed by atoms with Gasteiger partial charge in [-0.3, -0.25) is 0 Å². The molecule has 2 heterocycles. The molecule has 0 atom stereocenters. The Morgan fingerprint density at radius 1 is 1.09 bits per heavy atom. The van der Waals surface area contributed by atoms with E-state index in [4.69, 9.17) is 44.1 Å². The van der Waals surface area contributed by atoms with E-state index in [-0.39, 0.29) is 48.9 Å². The first-order valence-corrected chi connectivity index (χ1v) is 10.2. The van der Waals surface area contributed by atoms with Crippen LogP contribution in [-0.4, -0.2) is 20.9 Å². The highest BCUT2D eigenvalue weighted by Crippen LogP contribution is 2.43. The Balaban J connectivity index is 1.83. The van der Waals surface area contributed by atoms with Crippen LogP contribution in [0.2, 0.25) is 15.1 Å². The van der Waals surface area contributed by atoms with Gasteiger partial charge in [-0.25, -0.2) is 9.48 Å². The van der Waals surface area contributed by atoms with Gasteiger partial charge in [0.05, 0.1) is 27.6 Å². The predicted octanol–water partition coefficient (Wildman–Crippen LogP) is 7.03. The molecule has 12 heteroatoms. The van der Waals surface area contributed by atoms with Crippen molar-refractivity contribution in [3.05, 3.63) is 80.9 Å². The number of halogens is 6. The minimum atomic E-state index is -4.81.